The van der Waals surface area contributed by atoms with Gasteiger partial charge in [0, 0.05) is 44.1 Å². The summed E-state index contributed by atoms with van der Waals surface area (Å²) in [5, 5.41) is 0. The van der Waals surface area contributed by atoms with E-state index in [0.29, 0.717) is 55.2 Å². The monoisotopic (exact) mass is 481 g/mol. The molecule has 36 heavy (non-hydrogen) atoms. The molecule has 0 aliphatic carbocycles. The van der Waals surface area contributed by atoms with Crippen molar-refractivity contribution in [3.05, 3.63) is 107 Å². The molecule has 0 unspecified atom stereocenters. The van der Waals surface area contributed by atoms with E-state index in [-0.39, 0.29) is 17.4 Å². The maximum atomic E-state index is 13.2. The third kappa shape index (κ3) is 3.74. The number of benzene rings is 1. The van der Waals surface area contributed by atoms with Crippen LogP contribution in [0.4, 0.5) is 0 Å². The summed E-state index contributed by atoms with van der Waals surface area (Å²) < 4.78 is 8.70. The first-order valence-electron chi connectivity index (χ1n) is 11.8. The highest BCUT2D eigenvalue weighted by Gasteiger charge is 2.26. The number of nitrogens with zero attached hydrogens (tertiary/aromatic N) is 5. The topological polar surface area (TPSA) is 93.1 Å². The molecular formula is C27H23N5O4. The van der Waals surface area contributed by atoms with Gasteiger partial charge in [0.15, 0.2) is 11.4 Å². The first kappa shape index (κ1) is 21.8. The minimum Gasteiger partial charge on any atom is -0.459 e. The van der Waals surface area contributed by atoms with Crippen molar-refractivity contribution in [2.24, 2.45) is 0 Å². The van der Waals surface area contributed by atoms with Crippen molar-refractivity contribution in [3.8, 4) is 0 Å². The van der Waals surface area contributed by atoms with Gasteiger partial charge >= 0.3 is 0 Å². The molecule has 180 valence electrons. The number of fused-ring (bicyclic) bond motifs is 3. The number of amides is 2. The van der Waals surface area contributed by atoms with E-state index in [4.69, 9.17) is 4.42 Å². The predicted octanol–water partition coefficient (Wildman–Crippen LogP) is 2.89. The Morgan fingerprint density at radius 2 is 1.64 bits per heavy atom. The number of hydrogen-bond acceptors (Lipinski definition) is 5. The number of pyridine rings is 1. The fraction of sp³-hybridized carbons (Fsp3) is 0.185. The number of carbonyl (C=O) groups is 2. The summed E-state index contributed by atoms with van der Waals surface area (Å²) in [6.45, 7) is 2.05. The summed E-state index contributed by atoms with van der Waals surface area (Å²) in [6.07, 6.45) is 5.00. The third-order valence-electron chi connectivity index (χ3n) is 6.60. The van der Waals surface area contributed by atoms with Gasteiger partial charge in [-0.2, -0.15) is 0 Å². The van der Waals surface area contributed by atoms with Crippen LogP contribution >= 0.6 is 0 Å². The largest absolute Gasteiger partial charge is 0.459 e. The molecule has 4 aromatic heterocycles. The Labute approximate surface area is 205 Å². The van der Waals surface area contributed by atoms with Gasteiger partial charge in [0.25, 0.3) is 17.4 Å². The molecule has 1 saturated heterocycles. The molecule has 0 N–H and O–H groups in total. The lowest BCUT2D eigenvalue weighted by atomic mass is 10.1. The number of rotatable bonds is 4. The van der Waals surface area contributed by atoms with Crippen molar-refractivity contribution in [3.63, 3.8) is 0 Å². The maximum absolute atomic E-state index is 13.2. The van der Waals surface area contributed by atoms with Crippen LogP contribution in [0.5, 0.6) is 0 Å². The Kier molecular flexibility index (Phi) is 5.37. The van der Waals surface area contributed by atoms with E-state index in [9.17, 15) is 14.4 Å². The molecule has 1 aromatic carbocycles. The van der Waals surface area contributed by atoms with Crippen molar-refractivity contribution >= 4 is 28.5 Å². The Bertz CT molecular complexity index is 1640. The lowest BCUT2D eigenvalue weighted by molar-refractivity contribution is 0.0518. The zero-order chi connectivity index (χ0) is 24.6. The van der Waals surface area contributed by atoms with Crippen molar-refractivity contribution < 1.29 is 14.0 Å². The molecule has 0 saturated carbocycles. The highest BCUT2D eigenvalue weighted by molar-refractivity contribution is 5.95. The molecule has 0 spiro atoms. The fourth-order valence-electron chi connectivity index (χ4n) is 4.77. The van der Waals surface area contributed by atoms with E-state index >= 15 is 0 Å². The average Bonchev–Trinajstić information content (AvgIpc) is 3.64. The molecule has 9 nitrogen and oxygen atoms in total. The SMILES string of the molecule is O=C(c1cccc(Cn2c(=O)c3cccn3c3cccnc32)c1)N1CCN(C(=O)c2ccco2)CC1. The minimum absolute atomic E-state index is 0.0979. The Hall–Kier alpha value is -4.66. The van der Waals surface area contributed by atoms with E-state index in [1.807, 2.05) is 47.0 Å². The molecule has 0 atom stereocenters. The first-order valence-corrected chi connectivity index (χ1v) is 11.8. The van der Waals surface area contributed by atoms with Crippen LogP contribution in [-0.2, 0) is 6.54 Å². The van der Waals surface area contributed by atoms with Gasteiger partial charge in [0.2, 0.25) is 0 Å². The maximum Gasteiger partial charge on any atom is 0.289 e. The second-order valence-corrected chi connectivity index (χ2v) is 8.76. The van der Waals surface area contributed by atoms with Crippen molar-refractivity contribution in [2.45, 2.75) is 6.54 Å². The van der Waals surface area contributed by atoms with Crippen LogP contribution < -0.4 is 5.56 Å². The zero-order valence-electron chi connectivity index (χ0n) is 19.4. The van der Waals surface area contributed by atoms with Gasteiger partial charge in [0.1, 0.15) is 5.52 Å². The highest BCUT2D eigenvalue weighted by atomic mass is 16.3. The van der Waals surface area contributed by atoms with E-state index in [2.05, 4.69) is 4.98 Å². The standard InChI is InChI=1S/C27H23N5O4/c33-25(29-12-14-30(15-13-29)27(35)23-9-4-16-36-23)20-6-1-5-19(17-20)18-32-24-21(7-2-10-28-24)31-11-3-8-22(31)26(32)34/h1-11,16-17H,12-15,18H2. The van der Waals surface area contributed by atoms with E-state index in [1.165, 1.54) is 6.26 Å². The lowest BCUT2D eigenvalue weighted by Crippen LogP contribution is -2.50. The number of aromatic nitrogens is 3. The molecule has 0 bridgehead atoms. The lowest BCUT2D eigenvalue weighted by Gasteiger charge is -2.34. The molecule has 0 radical (unpaired) electrons. The quantitative estimate of drug-likeness (QED) is 0.394. The van der Waals surface area contributed by atoms with Crippen LogP contribution in [0.2, 0.25) is 0 Å². The molecule has 2 amide bonds. The van der Waals surface area contributed by atoms with Crippen LogP contribution in [0, 0.1) is 0 Å². The van der Waals surface area contributed by atoms with Crippen LogP contribution in [-0.4, -0.2) is 61.7 Å². The molecule has 1 fully saturated rings. The van der Waals surface area contributed by atoms with Crippen molar-refractivity contribution in [2.75, 3.05) is 26.2 Å². The number of carbonyl (C=O) groups excluding carboxylic acids is 2. The summed E-state index contributed by atoms with van der Waals surface area (Å²) in [4.78, 5) is 46.9. The molecule has 6 rings (SSSR count). The van der Waals surface area contributed by atoms with Crippen LogP contribution in [0.1, 0.15) is 26.5 Å². The Morgan fingerprint density at radius 3 is 2.42 bits per heavy atom. The Balaban J connectivity index is 1.22. The Morgan fingerprint density at radius 1 is 0.861 bits per heavy atom. The van der Waals surface area contributed by atoms with Gasteiger partial charge in [-0.05, 0) is 54.1 Å². The molecule has 1 aliphatic rings. The molecule has 9 heteroatoms. The molecule has 1 aliphatic heterocycles. The van der Waals surface area contributed by atoms with Gasteiger partial charge in [-0.25, -0.2) is 4.98 Å². The smallest absolute Gasteiger partial charge is 0.289 e. The summed E-state index contributed by atoms with van der Waals surface area (Å²) in [6, 6.07) is 18.1. The van der Waals surface area contributed by atoms with Gasteiger partial charge in [-0.15, -0.1) is 0 Å². The number of hydrogen-bond donors (Lipinski definition) is 0. The fourth-order valence-corrected chi connectivity index (χ4v) is 4.77. The number of piperazine rings is 1. The molecular weight excluding hydrogens is 458 g/mol. The average molecular weight is 482 g/mol. The summed E-state index contributed by atoms with van der Waals surface area (Å²) in [5.74, 6) is 0.0396. The second-order valence-electron chi connectivity index (χ2n) is 8.76. The van der Waals surface area contributed by atoms with Crippen LogP contribution in [0.25, 0.3) is 16.7 Å². The van der Waals surface area contributed by atoms with E-state index < -0.39 is 0 Å². The van der Waals surface area contributed by atoms with E-state index in [0.717, 1.165) is 11.1 Å². The molecule has 5 aromatic rings. The highest BCUT2D eigenvalue weighted by Crippen LogP contribution is 2.17. The second kappa shape index (κ2) is 8.84. The number of furan rings is 1. The van der Waals surface area contributed by atoms with Gasteiger partial charge in [-0.1, -0.05) is 12.1 Å². The predicted molar refractivity (Wildman–Crippen MR) is 133 cm³/mol. The van der Waals surface area contributed by atoms with Crippen LogP contribution in [0.15, 0.2) is 88.5 Å². The van der Waals surface area contributed by atoms with Gasteiger partial charge < -0.3 is 18.6 Å². The van der Waals surface area contributed by atoms with Crippen molar-refractivity contribution in [1.82, 2.24) is 23.8 Å². The summed E-state index contributed by atoms with van der Waals surface area (Å²) in [5.41, 5.74) is 3.24. The minimum atomic E-state index is -0.166. The zero-order valence-corrected chi connectivity index (χ0v) is 19.4. The van der Waals surface area contributed by atoms with Gasteiger partial charge in [-0.3, -0.25) is 19.0 Å². The van der Waals surface area contributed by atoms with Gasteiger partial charge in [0.05, 0.1) is 18.3 Å². The first-order chi connectivity index (χ1) is 17.6. The molecule has 5 heterocycles. The van der Waals surface area contributed by atoms with Crippen LogP contribution in [0.3, 0.4) is 0 Å². The van der Waals surface area contributed by atoms with Crippen molar-refractivity contribution in [1.29, 1.82) is 0 Å². The summed E-state index contributed by atoms with van der Waals surface area (Å²) in [7, 11) is 0. The normalized spacial score (nSPS) is 14.0. The summed E-state index contributed by atoms with van der Waals surface area (Å²) >= 11 is 0. The third-order valence-corrected chi connectivity index (χ3v) is 6.60. The van der Waals surface area contributed by atoms with E-state index in [1.54, 1.807) is 44.8 Å².